The smallest absolute Gasteiger partial charge is 0.185 e. The van der Waals surface area contributed by atoms with Crippen LogP contribution in [0.3, 0.4) is 0 Å². The number of allylic oxidation sites excluding steroid dienone is 1. The Morgan fingerprint density at radius 2 is 1.19 bits per heavy atom. The molecule has 0 N–H and O–H groups in total. The molecule has 0 saturated carbocycles. The predicted molar refractivity (Wildman–Crippen MR) is 120 cm³/mol. The van der Waals surface area contributed by atoms with Gasteiger partial charge in [-0.05, 0) is 39.3 Å². The van der Waals surface area contributed by atoms with Crippen LogP contribution in [0.1, 0.15) is 48.4 Å². The number of carbonyl (C=O) groups excluding carboxylic acids is 3. The molecule has 0 radical (unpaired) electrons. The first-order chi connectivity index (χ1) is 14.5. The fourth-order valence-electron chi connectivity index (χ4n) is 3.17. The molecule has 0 aromatic heterocycles. The second kappa shape index (κ2) is 9.94. The topological polar surface area (TPSA) is 69.7 Å². The Kier molecular flexibility index (Phi) is 7.82. The summed E-state index contributed by atoms with van der Waals surface area (Å²) in [4.78, 5) is 40.2. The number of hydrogen-bond acceptors (Lipinski definition) is 5. The Labute approximate surface area is 184 Å². The first kappa shape index (κ1) is 24.4. The second-order valence-corrected chi connectivity index (χ2v) is 8.29. The summed E-state index contributed by atoms with van der Waals surface area (Å²) in [7, 11) is 2.90. The molecule has 2 aromatic rings. The molecule has 31 heavy (non-hydrogen) atoms. The molecule has 0 fully saturated rings. The molecule has 1 unspecified atom stereocenters. The lowest BCUT2D eigenvalue weighted by molar-refractivity contribution is -0.139. The number of ether oxygens (including phenoxy) is 2. The van der Waals surface area contributed by atoms with E-state index in [0.29, 0.717) is 11.1 Å². The average Bonchev–Trinajstić information content (AvgIpc) is 2.79. The van der Waals surface area contributed by atoms with Crippen LogP contribution in [0.5, 0.6) is 0 Å². The summed E-state index contributed by atoms with van der Waals surface area (Å²) >= 11 is 0. The van der Waals surface area contributed by atoms with E-state index in [1.54, 1.807) is 82.3 Å². The SMILES string of the molecule is COC(C)(C)C(=O)C(C(=O)c1ccccc1)/C(=C/C(=O)c1ccccc1)C(C)(C)OC. The average molecular weight is 423 g/mol. The van der Waals surface area contributed by atoms with Gasteiger partial charge in [0, 0.05) is 25.3 Å². The molecule has 0 heterocycles. The number of hydrogen-bond donors (Lipinski definition) is 0. The van der Waals surface area contributed by atoms with Gasteiger partial charge in [-0.1, -0.05) is 60.7 Å². The monoisotopic (exact) mass is 422 g/mol. The maximum absolute atomic E-state index is 13.6. The summed E-state index contributed by atoms with van der Waals surface area (Å²) in [6, 6.07) is 17.3. The molecule has 164 valence electrons. The van der Waals surface area contributed by atoms with Crippen LogP contribution in [-0.4, -0.2) is 42.8 Å². The van der Waals surface area contributed by atoms with Crippen LogP contribution in [0, 0.1) is 5.92 Å². The Morgan fingerprint density at radius 3 is 1.65 bits per heavy atom. The summed E-state index contributed by atoms with van der Waals surface area (Å²) in [5.74, 6) is -2.41. The van der Waals surface area contributed by atoms with Gasteiger partial charge in [-0.2, -0.15) is 0 Å². The molecule has 0 amide bonds. The summed E-state index contributed by atoms with van der Waals surface area (Å²) in [5.41, 5.74) is -1.19. The van der Waals surface area contributed by atoms with Gasteiger partial charge >= 0.3 is 0 Å². The Morgan fingerprint density at radius 1 is 0.742 bits per heavy atom. The lowest BCUT2D eigenvalue weighted by atomic mass is 9.75. The standard InChI is InChI=1S/C26H30O5/c1-25(2,30-5)20(17-21(27)18-13-9-7-10-14-18)22(24(29)26(3,4)31-6)23(28)19-15-11-8-12-16-19/h7-17,22H,1-6H3/b20-17-. The molecule has 0 bridgehead atoms. The van der Waals surface area contributed by atoms with Crippen molar-refractivity contribution in [1.82, 2.24) is 0 Å². The highest BCUT2D eigenvalue weighted by atomic mass is 16.5. The van der Waals surface area contributed by atoms with Crippen LogP contribution < -0.4 is 0 Å². The van der Waals surface area contributed by atoms with Crippen LogP contribution >= 0.6 is 0 Å². The number of ketones is 3. The first-order valence-electron chi connectivity index (χ1n) is 10.1. The van der Waals surface area contributed by atoms with Crippen molar-refractivity contribution in [2.45, 2.75) is 38.9 Å². The summed E-state index contributed by atoms with van der Waals surface area (Å²) in [5, 5.41) is 0. The van der Waals surface area contributed by atoms with Crippen molar-refractivity contribution >= 4 is 17.3 Å². The molecule has 0 aliphatic heterocycles. The Bertz CT molecular complexity index is 956. The lowest BCUT2D eigenvalue weighted by Gasteiger charge is -2.34. The zero-order valence-electron chi connectivity index (χ0n) is 19.0. The van der Waals surface area contributed by atoms with Crippen LogP contribution in [-0.2, 0) is 14.3 Å². The largest absolute Gasteiger partial charge is 0.374 e. The number of rotatable bonds is 10. The van der Waals surface area contributed by atoms with Crippen LogP contribution in [0.4, 0.5) is 0 Å². The molecule has 0 saturated heterocycles. The Hall–Kier alpha value is -2.89. The van der Waals surface area contributed by atoms with E-state index in [-0.39, 0.29) is 11.4 Å². The van der Waals surface area contributed by atoms with Gasteiger partial charge in [0.05, 0.1) is 5.60 Å². The van der Waals surface area contributed by atoms with E-state index in [0.717, 1.165) is 0 Å². The Balaban J connectivity index is 2.71. The molecule has 0 aliphatic carbocycles. The zero-order chi connectivity index (χ0) is 23.2. The maximum Gasteiger partial charge on any atom is 0.185 e. The van der Waals surface area contributed by atoms with Crippen molar-refractivity contribution in [2.75, 3.05) is 14.2 Å². The third-order valence-corrected chi connectivity index (χ3v) is 5.55. The molecule has 0 aliphatic rings. The maximum atomic E-state index is 13.6. The van der Waals surface area contributed by atoms with Gasteiger partial charge in [0.2, 0.25) is 0 Å². The van der Waals surface area contributed by atoms with E-state index in [1.165, 1.54) is 20.3 Å². The van der Waals surface area contributed by atoms with Gasteiger partial charge in [-0.3, -0.25) is 14.4 Å². The van der Waals surface area contributed by atoms with E-state index in [9.17, 15) is 14.4 Å². The fraction of sp³-hybridized carbons (Fsp3) is 0.346. The quantitative estimate of drug-likeness (QED) is 0.315. The summed E-state index contributed by atoms with van der Waals surface area (Å²) in [6.07, 6.45) is 1.36. The molecule has 2 aromatic carbocycles. The van der Waals surface area contributed by atoms with E-state index in [1.807, 2.05) is 6.07 Å². The number of methoxy groups -OCH3 is 2. The summed E-state index contributed by atoms with van der Waals surface area (Å²) < 4.78 is 11.0. The highest BCUT2D eigenvalue weighted by molar-refractivity contribution is 6.16. The van der Waals surface area contributed by atoms with Gasteiger partial charge < -0.3 is 9.47 Å². The van der Waals surface area contributed by atoms with Gasteiger partial charge in [0.15, 0.2) is 17.3 Å². The lowest BCUT2D eigenvalue weighted by Crippen LogP contribution is -2.46. The van der Waals surface area contributed by atoms with Crippen LogP contribution in [0.25, 0.3) is 0 Å². The van der Waals surface area contributed by atoms with E-state index in [4.69, 9.17) is 9.47 Å². The van der Waals surface area contributed by atoms with Crippen LogP contribution in [0.15, 0.2) is 72.3 Å². The highest BCUT2D eigenvalue weighted by Crippen LogP contribution is 2.34. The zero-order valence-corrected chi connectivity index (χ0v) is 19.0. The molecule has 0 spiro atoms. The van der Waals surface area contributed by atoms with Crippen molar-refractivity contribution in [3.63, 3.8) is 0 Å². The minimum Gasteiger partial charge on any atom is -0.374 e. The normalized spacial score (nSPS) is 13.5. The molecular weight excluding hydrogens is 392 g/mol. The minimum atomic E-state index is -1.25. The first-order valence-corrected chi connectivity index (χ1v) is 10.1. The highest BCUT2D eigenvalue weighted by Gasteiger charge is 2.44. The van der Waals surface area contributed by atoms with Crippen molar-refractivity contribution < 1.29 is 23.9 Å². The van der Waals surface area contributed by atoms with Crippen molar-refractivity contribution in [2.24, 2.45) is 5.92 Å². The third kappa shape index (κ3) is 5.63. The van der Waals surface area contributed by atoms with Gasteiger partial charge in [-0.25, -0.2) is 0 Å². The van der Waals surface area contributed by atoms with Crippen molar-refractivity contribution in [1.29, 1.82) is 0 Å². The number of benzene rings is 2. The third-order valence-electron chi connectivity index (χ3n) is 5.55. The van der Waals surface area contributed by atoms with Gasteiger partial charge in [0.25, 0.3) is 0 Å². The van der Waals surface area contributed by atoms with Crippen LogP contribution in [0.2, 0.25) is 0 Å². The van der Waals surface area contributed by atoms with E-state index in [2.05, 4.69) is 0 Å². The van der Waals surface area contributed by atoms with E-state index >= 15 is 0 Å². The number of Topliss-reactive ketones (excluding diaryl/α,β-unsaturated/α-hetero) is 2. The molecule has 1 atom stereocenters. The number of carbonyl (C=O) groups is 3. The molecular formula is C26H30O5. The second-order valence-electron chi connectivity index (χ2n) is 8.29. The molecule has 5 heteroatoms. The minimum absolute atomic E-state index is 0.285. The van der Waals surface area contributed by atoms with Gasteiger partial charge in [0.1, 0.15) is 11.5 Å². The fourth-order valence-corrected chi connectivity index (χ4v) is 3.17. The van der Waals surface area contributed by atoms with Crippen molar-refractivity contribution in [3.8, 4) is 0 Å². The predicted octanol–water partition coefficient (Wildman–Crippen LogP) is 4.71. The molecule has 2 rings (SSSR count). The van der Waals surface area contributed by atoms with Crippen molar-refractivity contribution in [3.05, 3.63) is 83.4 Å². The molecule has 5 nitrogen and oxygen atoms in total. The van der Waals surface area contributed by atoms with Gasteiger partial charge in [-0.15, -0.1) is 0 Å². The summed E-state index contributed by atoms with van der Waals surface area (Å²) in [6.45, 7) is 6.68. The van der Waals surface area contributed by atoms with E-state index < -0.39 is 28.7 Å².